The van der Waals surface area contributed by atoms with Crippen molar-refractivity contribution < 1.29 is 9.59 Å². The molecular formula is C12H15N3O2S2. The molecule has 0 saturated heterocycles. The Morgan fingerprint density at radius 1 is 1.42 bits per heavy atom. The van der Waals surface area contributed by atoms with Crippen molar-refractivity contribution in [2.75, 3.05) is 18.8 Å². The van der Waals surface area contributed by atoms with Crippen LogP contribution < -0.4 is 10.6 Å². The first-order chi connectivity index (χ1) is 9.25. The van der Waals surface area contributed by atoms with Gasteiger partial charge in [0.05, 0.1) is 11.4 Å². The Balaban J connectivity index is 1.59. The van der Waals surface area contributed by atoms with E-state index in [1.165, 1.54) is 11.3 Å². The van der Waals surface area contributed by atoms with E-state index in [1.807, 2.05) is 11.4 Å². The van der Waals surface area contributed by atoms with Gasteiger partial charge in [0.25, 0.3) is 5.91 Å². The summed E-state index contributed by atoms with van der Waals surface area (Å²) in [6.07, 6.45) is 1.02. The summed E-state index contributed by atoms with van der Waals surface area (Å²) in [5.74, 6) is 0.816. The Labute approximate surface area is 119 Å². The summed E-state index contributed by atoms with van der Waals surface area (Å²) in [7, 11) is 0. The maximum atomic E-state index is 11.6. The van der Waals surface area contributed by atoms with Crippen molar-refractivity contribution >= 4 is 40.1 Å². The van der Waals surface area contributed by atoms with E-state index in [1.54, 1.807) is 17.8 Å². The van der Waals surface area contributed by atoms with Crippen LogP contribution in [0.5, 0.6) is 0 Å². The summed E-state index contributed by atoms with van der Waals surface area (Å²) >= 11 is 2.97. The summed E-state index contributed by atoms with van der Waals surface area (Å²) in [6, 6.07) is 3.62. The molecule has 19 heavy (non-hydrogen) atoms. The van der Waals surface area contributed by atoms with Gasteiger partial charge in [-0.15, -0.1) is 11.3 Å². The minimum atomic E-state index is -0.0777. The molecule has 0 bridgehead atoms. The predicted molar refractivity (Wildman–Crippen MR) is 78.8 cm³/mol. The van der Waals surface area contributed by atoms with Crippen LogP contribution in [0.4, 0.5) is 0 Å². The Morgan fingerprint density at radius 3 is 3.00 bits per heavy atom. The van der Waals surface area contributed by atoms with E-state index in [2.05, 4.69) is 15.6 Å². The third kappa shape index (κ3) is 4.68. The lowest BCUT2D eigenvalue weighted by Crippen LogP contribution is -2.29. The Kier molecular flexibility index (Phi) is 5.41. The third-order valence-electron chi connectivity index (χ3n) is 2.44. The topological polar surface area (TPSA) is 70.6 Å². The van der Waals surface area contributed by atoms with Gasteiger partial charge in [-0.2, -0.15) is 0 Å². The first-order valence-electron chi connectivity index (χ1n) is 6.04. The molecule has 0 spiro atoms. The minimum absolute atomic E-state index is 0.0430. The van der Waals surface area contributed by atoms with E-state index in [0.717, 1.165) is 12.3 Å². The average Bonchev–Trinajstić information content (AvgIpc) is 3.06. The number of thiophene rings is 1. The normalized spacial score (nSPS) is 14.0. The van der Waals surface area contributed by atoms with E-state index in [4.69, 9.17) is 0 Å². The summed E-state index contributed by atoms with van der Waals surface area (Å²) in [4.78, 5) is 28.0. The monoisotopic (exact) mass is 297 g/mol. The number of hydrogen-bond donors (Lipinski definition) is 2. The molecule has 2 amide bonds. The molecule has 2 rings (SSSR count). The molecule has 0 unspecified atom stereocenters. The van der Waals surface area contributed by atoms with Gasteiger partial charge in [-0.1, -0.05) is 17.8 Å². The van der Waals surface area contributed by atoms with E-state index in [9.17, 15) is 9.59 Å². The minimum Gasteiger partial charge on any atom is -0.351 e. The van der Waals surface area contributed by atoms with Crippen molar-refractivity contribution in [1.82, 2.24) is 10.6 Å². The lowest BCUT2D eigenvalue weighted by Gasteiger charge is -2.05. The van der Waals surface area contributed by atoms with Crippen LogP contribution in [0.25, 0.3) is 0 Å². The van der Waals surface area contributed by atoms with Gasteiger partial charge < -0.3 is 10.6 Å². The second-order valence-electron chi connectivity index (χ2n) is 3.92. The van der Waals surface area contributed by atoms with Crippen molar-refractivity contribution in [3.63, 3.8) is 0 Å². The first-order valence-corrected chi connectivity index (χ1v) is 7.91. The maximum Gasteiger partial charge on any atom is 0.261 e. The molecule has 5 nitrogen and oxygen atoms in total. The number of amides is 2. The number of amidine groups is 1. The van der Waals surface area contributed by atoms with Crippen LogP contribution in [-0.4, -0.2) is 35.8 Å². The molecule has 1 aromatic rings. The number of carbonyl (C=O) groups excluding carboxylic acids is 2. The standard InChI is InChI=1S/C12H15N3O2S2/c16-10(15-12-14-6-8-19-12)4-1-5-13-11(17)9-3-2-7-18-9/h2-3,7H,1,4-6,8H2,(H,13,17)(H,14,15,16). The van der Waals surface area contributed by atoms with Gasteiger partial charge in [0.2, 0.25) is 5.91 Å². The van der Waals surface area contributed by atoms with Crippen LogP contribution in [0.3, 0.4) is 0 Å². The smallest absolute Gasteiger partial charge is 0.261 e. The fourth-order valence-corrected chi connectivity index (χ4v) is 2.92. The van der Waals surface area contributed by atoms with Crippen molar-refractivity contribution in [2.24, 2.45) is 4.99 Å². The molecule has 0 fully saturated rings. The van der Waals surface area contributed by atoms with E-state index >= 15 is 0 Å². The fourth-order valence-electron chi connectivity index (χ4n) is 1.54. The summed E-state index contributed by atoms with van der Waals surface area (Å²) in [5.41, 5.74) is 0. The van der Waals surface area contributed by atoms with Gasteiger partial charge in [0, 0.05) is 18.7 Å². The average molecular weight is 297 g/mol. The molecule has 0 saturated carbocycles. The molecule has 1 aliphatic rings. The van der Waals surface area contributed by atoms with Crippen LogP contribution in [0.15, 0.2) is 22.5 Å². The highest BCUT2D eigenvalue weighted by molar-refractivity contribution is 8.14. The fraction of sp³-hybridized carbons (Fsp3) is 0.417. The molecule has 1 aliphatic heterocycles. The summed E-state index contributed by atoms with van der Waals surface area (Å²) < 4.78 is 0. The number of rotatable bonds is 5. The van der Waals surface area contributed by atoms with E-state index in [0.29, 0.717) is 29.4 Å². The van der Waals surface area contributed by atoms with Gasteiger partial charge in [0.15, 0.2) is 5.17 Å². The molecular weight excluding hydrogens is 282 g/mol. The zero-order chi connectivity index (χ0) is 13.5. The molecule has 1 aromatic heterocycles. The number of nitrogens with one attached hydrogen (secondary N) is 2. The maximum absolute atomic E-state index is 11.6. The van der Waals surface area contributed by atoms with Crippen molar-refractivity contribution in [1.29, 1.82) is 0 Å². The number of carbonyl (C=O) groups is 2. The number of hydrogen-bond acceptors (Lipinski definition) is 5. The molecule has 2 heterocycles. The molecule has 0 aromatic carbocycles. The third-order valence-corrected chi connectivity index (χ3v) is 4.20. The van der Waals surface area contributed by atoms with Gasteiger partial charge in [-0.05, 0) is 17.9 Å². The Morgan fingerprint density at radius 2 is 2.32 bits per heavy atom. The largest absolute Gasteiger partial charge is 0.351 e. The molecule has 7 heteroatoms. The summed E-state index contributed by atoms with van der Waals surface area (Å²) in [5, 5.41) is 8.13. The van der Waals surface area contributed by atoms with Gasteiger partial charge >= 0.3 is 0 Å². The molecule has 0 radical (unpaired) electrons. The highest BCUT2D eigenvalue weighted by Crippen LogP contribution is 2.09. The molecule has 2 N–H and O–H groups in total. The quantitative estimate of drug-likeness (QED) is 0.809. The van der Waals surface area contributed by atoms with Gasteiger partial charge in [-0.3, -0.25) is 14.6 Å². The van der Waals surface area contributed by atoms with Crippen LogP contribution in [0, 0.1) is 0 Å². The highest BCUT2D eigenvalue weighted by atomic mass is 32.2. The molecule has 102 valence electrons. The lowest BCUT2D eigenvalue weighted by molar-refractivity contribution is -0.119. The van der Waals surface area contributed by atoms with Crippen molar-refractivity contribution in [3.8, 4) is 0 Å². The van der Waals surface area contributed by atoms with Crippen LogP contribution in [0.2, 0.25) is 0 Å². The molecule has 0 atom stereocenters. The van der Waals surface area contributed by atoms with Gasteiger partial charge in [-0.25, -0.2) is 0 Å². The zero-order valence-corrected chi connectivity index (χ0v) is 12.0. The predicted octanol–water partition coefficient (Wildman–Crippen LogP) is 1.48. The Bertz CT molecular complexity index is 471. The number of aliphatic imine (C=N–C) groups is 1. The first kappa shape index (κ1) is 14.1. The van der Waals surface area contributed by atoms with Crippen LogP contribution in [0.1, 0.15) is 22.5 Å². The van der Waals surface area contributed by atoms with E-state index < -0.39 is 0 Å². The zero-order valence-electron chi connectivity index (χ0n) is 10.3. The highest BCUT2D eigenvalue weighted by Gasteiger charge is 2.11. The van der Waals surface area contributed by atoms with Crippen LogP contribution >= 0.6 is 23.1 Å². The second kappa shape index (κ2) is 7.30. The van der Waals surface area contributed by atoms with Gasteiger partial charge in [0.1, 0.15) is 0 Å². The molecule has 0 aliphatic carbocycles. The second-order valence-corrected chi connectivity index (χ2v) is 5.95. The van der Waals surface area contributed by atoms with Crippen molar-refractivity contribution in [2.45, 2.75) is 12.8 Å². The number of thioether (sulfide) groups is 1. The van der Waals surface area contributed by atoms with E-state index in [-0.39, 0.29) is 11.8 Å². The summed E-state index contributed by atoms with van der Waals surface area (Å²) in [6.45, 7) is 1.28. The number of nitrogens with zero attached hydrogens (tertiary/aromatic N) is 1. The Hall–Kier alpha value is -1.34. The lowest BCUT2D eigenvalue weighted by atomic mass is 10.3. The SMILES string of the molecule is O=C(CCCNC(=O)c1cccs1)NC1=NCCS1. The van der Waals surface area contributed by atoms with Crippen molar-refractivity contribution in [3.05, 3.63) is 22.4 Å². The van der Waals surface area contributed by atoms with Crippen LogP contribution in [-0.2, 0) is 4.79 Å².